The van der Waals surface area contributed by atoms with Crippen molar-refractivity contribution in [3.63, 3.8) is 0 Å². The van der Waals surface area contributed by atoms with Gasteiger partial charge in [-0.1, -0.05) is 56.0 Å². The summed E-state index contributed by atoms with van der Waals surface area (Å²) in [7, 11) is 0. The van der Waals surface area contributed by atoms with Gasteiger partial charge in [0.15, 0.2) is 0 Å². The first-order chi connectivity index (χ1) is 17.8. The molecule has 1 saturated carbocycles. The Hall–Kier alpha value is -3.54. The maximum Gasteiger partial charge on any atom is 0.223 e. The van der Waals surface area contributed by atoms with E-state index in [1.807, 2.05) is 18.3 Å². The summed E-state index contributed by atoms with van der Waals surface area (Å²) in [6.07, 6.45) is 16.4. The molecule has 36 heavy (non-hydrogen) atoms. The second-order valence-electron chi connectivity index (χ2n) is 9.90. The normalized spacial score (nSPS) is 14.8. The fraction of sp³-hybridized carbons (Fsp3) is 0.400. The van der Waals surface area contributed by atoms with E-state index in [9.17, 15) is 4.79 Å². The lowest BCUT2D eigenvalue weighted by molar-refractivity contribution is -0.127. The van der Waals surface area contributed by atoms with Gasteiger partial charge in [-0.3, -0.25) is 4.79 Å². The molecule has 1 aliphatic rings. The van der Waals surface area contributed by atoms with Crippen LogP contribution in [0.3, 0.4) is 0 Å². The zero-order valence-electron chi connectivity index (χ0n) is 20.9. The molecule has 5 rings (SSSR count). The lowest BCUT2D eigenvalue weighted by Crippen LogP contribution is -2.34. The molecule has 3 heterocycles. The molecule has 1 amide bonds. The number of carbonyl (C=O) groups is 1. The van der Waals surface area contributed by atoms with E-state index in [0.29, 0.717) is 12.5 Å². The van der Waals surface area contributed by atoms with Crippen LogP contribution in [0.4, 0.5) is 0 Å². The lowest BCUT2D eigenvalue weighted by atomic mass is 9.85. The summed E-state index contributed by atoms with van der Waals surface area (Å²) in [5, 5.41) is 4.34. The summed E-state index contributed by atoms with van der Waals surface area (Å²) < 4.78 is 2.29. The third-order valence-corrected chi connectivity index (χ3v) is 7.53. The number of nitrogens with one attached hydrogen (secondary N) is 1. The highest BCUT2D eigenvalue weighted by Gasteiger charge is 2.30. The molecule has 0 bridgehead atoms. The Morgan fingerprint density at radius 2 is 1.83 bits per heavy atom. The number of amides is 1. The number of aryl methyl sites for hydroxylation is 1. The quantitative estimate of drug-likeness (QED) is 0.260. The van der Waals surface area contributed by atoms with Gasteiger partial charge >= 0.3 is 0 Å². The summed E-state index contributed by atoms with van der Waals surface area (Å²) in [5.74, 6) is 0.808. The Bertz CT molecular complexity index is 1250. The number of fused-ring (bicyclic) bond motifs is 1. The number of carbonyl (C=O) groups excluding carboxylic acids is 1. The molecule has 1 N–H and O–H groups in total. The van der Waals surface area contributed by atoms with Crippen LogP contribution >= 0.6 is 0 Å². The van der Waals surface area contributed by atoms with Gasteiger partial charge in [-0.05, 0) is 55.4 Å². The average molecular weight is 482 g/mol. The first-order valence-corrected chi connectivity index (χ1v) is 13.3. The Balaban J connectivity index is 1.16. The van der Waals surface area contributed by atoms with Crippen LogP contribution in [0.25, 0.3) is 22.2 Å². The van der Waals surface area contributed by atoms with Crippen LogP contribution in [-0.4, -0.2) is 25.4 Å². The van der Waals surface area contributed by atoms with Gasteiger partial charge in [0.2, 0.25) is 5.91 Å². The molecule has 0 aliphatic heterocycles. The standard InChI is InChI=1S/C30H35N5O/c36-30(33-20-25-16-18-31-22-34-25)26(23-12-6-7-13-23)14-5-2-8-19-35-21-28(24-10-3-1-4-11-24)27-15-9-17-32-29(27)35/h1,3-4,9-11,15-18,21-23,26H,2,5-8,12-14,19-20H2,(H,33,36). The molecular formula is C30H35N5O. The van der Waals surface area contributed by atoms with E-state index in [-0.39, 0.29) is 11.8 Å². The minimum atomic E-state index is 0.105. The van der Waals surface area contributed by atoms with Crippen LogP contribution < -0.4 is 5.32 Å². The van der Waals surface area contributed by atoms with Gasteiger partial charge in [0.05, 0.1) is 12.2 Å². The van der Waals surface area contributed by atoms with Gasteiger partial charge in [0.25, 0.3) is 0 Å². The van der Waals surface area contributed by atoms with Crippen LogP contribution in [0.15, 0.2) is 73.4 Å². The van der Waals surface area contributed by atoms with E-state index >= 15 is 0 Å². The number of nitrogens with zero attached hydrogens (tertiary/aromatic N) is 4. The largest absolute Gasteiger partial charge is 0.350 e. The summed E-state index contributed by atoms with van der Waals surface area (Å²) in [6.45, 7) is 1.41. The first-order valence-electron chi connectivity index (χ1n) is 13.3. The van der Waals surface area contributed by atoms with Crippen molar-refractivity contribution < 1.29 is 4.79 Å². The maximum absolute atomic E-state index is 13.1. The summed E-state index contributed by atoms with van der Waals surface area (Å²) >= 11 is 0. The van der Waals surface area contributed by atoms with Crippen LogP contribution in [0, 0.1) is 11.8 Å². The third-order valence-electron chi connectivity index (χ3n) is 7.53. The Morgan fingerprint density at radius 1 is 0.972 bits per heavy atom. The highest BCUT2D eigenvalue weighted by molar-refractivity contribution is 5.94. The monoisotopic (exact) mass is 481 g/mol. The van der Waals surface area contributed by atoms with Crippen molar-refractivity contribution in [3.8, 4) is 11.1 Å². The molecule has 1 fully saturated rings. The van der Waals surface area contributed by atoms with E-state index in [4.69, 9.17) is 0 Å². The van der Waals surface area contributed by atoms with E-state index < -0.39 is 0 Å². The molecule has 0 radical (unpaired) electrons. The molecule has 1 atom stereocenters. The van der Waals surface area contributed by atoms with Gasteiger partial charge in [0, 0.05) is 42.0 Å². The maximum atomic E-state index is 13.1. The molecule has 1 aromatic carbocycles. The average Bonchev–Trinajstić information content (AvgIpc) is 3.59. The van der Waals surface area contributed by atoms with E-state index in [1.54, 1.807) is 6.20 Å². The van der Waals surface area contributed by atoms with Crippen molar-refractivity contribution in [3.05, 3.63) is 79.1 Å². The molecule has 1 unspecified atom stereocenters. The van der Waals surface area contributed by atoms with E-state index in [1.165, 1.54) is 48.5 Å². The molecule has 6 nitrogen and oxygen atoms in total. The number of aromatic nitrogens is 4. The molecule has 1 aliphatic carbocycles. The van der Waals surface area contributed by atoms with Crippen molar-refractivity contribution in [1.82, 2.24) is 24.8 Å². The second-order valence-corrected chi connectivity index (χ2v) is 9.90. The smallest absolute Gasteiger partial charge is 0.223 e. The summed E-state index contributed by atoms with van der Waals surface area (Å²) in [4.78, 5) is 26.0. The minimum absolute atomic E-state index is 0.105. The fourth-order valence-corrected chi connectivity index (χ4v) is 5.64. The fourth-order valence-electron chi connectivity index (χ4n) is 5.64. The highest BCUT2D eigenvalue weighted by Crippen LogP contribution is 2.34. The van der Waals surface area contributed by atoms with Crippen molar-refractivity contribution in [2.24, 2.45) is 11.8 Å². The molecular weight excluding hydrogens is 446 g/mol. The van der Waals surface area contributed by atoms with Crippen molar-refractivity contribution >= 4 is 16.9 Å². The van der Waals surface area contributed by atoms with E-state index in [2.05, 4.69) is 67.4 Å². The van der Waals surface area contributed by atoms with Crippen molar-refractivity contribution in [2.45, 2.75) is 64.5 Å². The number of unbranched alkanes of at least 4 members (excludes halogenated alkanes) is 2. The first kappa shape index (κ1) is 24.2. The zero-order chi connectivity index (χ0) is 24.6. The van der Waals surface area contributed by atoms with Gasteiger partial charge in [-0.25, -0.2) is 15.0 Å². The minimum Gasteiger partial charge on any atom is -0.350 e. The highest BCUT2D eigenvalue weighted by atomic mass is 16.1. The zero-order valence-corrected chi connectivity index (χ0v) is 20.9. The number of rotatable bonds is 11. The van der Waals surface area contributed by atoms with Gasteiger partial charge in [0.1, 0.15) is 12.0 Å². The molecule has 0 spiro atoms. The second kappa shape index (κ2) is 11.9. The van der Waals surface area contributed by atoms with Gasteiger partial charge in [-0.15, -0.1) is 0 Å². The number of hydrogen-bond acceptors (Lipinski definition) is 4. The molecule has 3 aromatic heterocycles. The topological polar surface area (TPSA) is 72.7 Å². The number of pyridine rings is 1. The summed E-state index contributed by atoms with van der Waals surface area (Å²) in [5.41, 5.74) is 4.36. The van der Waals surface area contributed by atoms with Crippen molar-refractivity contribution in [2.75, 3.05) is 0 Å². The number of benzene rings is 1. The molecule has 186 valence electrons. The Kier molecular flexibility index (Phi) is 8.01. The van der Waals surface area contributed by atoms with Crippen LogP contribution in [0.5, 0.6) is 0 Å². The predicted molar refractivity (Wildman–Crippen MR) is 143 cm³/mol. The van der Waals surface area contributed by atoms with Crippen LogP contribution in [-0.2, 0) is 17.9 Å². The van der Waals surface area contributed by atoms with Gasteiger partial charge in [-0.2, -0.15) is 0 Å². The molecule has 0 saturated heterocycles. The summed E-state index contributed by atoms with van der Waals surface area (Å²) in [6, 6.07) is 16.6. The SMILES string of the molecule is O=C(NCc1ccncn1)C(CCCCCn1cc(-c2ccccc2)c2cccnc21)C1CCCC1. The number of hydrogen-bond donors (Lipinski definition) is 1. The Morgan fingerprint density at radius 3 is 2.64 bits per heavy atom. The predicted octanol–water partition coefficient (Wildman–Crippen LogP) is 6.18. The lowest BCUT2D eigenvalue weighted by Gasteiger charge is -2.22. The van der Waals surface area contributed by atoms with E-state index in [0.717, 1.165) is 43.6 Å². The molecule has 6 heteroatoms. The van der Waals surface area contributed by atoms with Crippen molar-refractivity contribution in [1.29, 1.82) is 0 Å². The van der Waals surface area contributed by atoms with Crippen LogP contribution in [0.1, 0.15) is 57.1 Å². The third kappa shape index (κ3) is 5.81. The Labute approximate surface area is 213 Å². The van der Waals surface area contributed by atoms with Crippen LogP contribution in [0.2, 0.25) is 0 Å². The molecule has 4 aromatic rings. The van der Waals surface area contributed by atoms with Gasteiger partial charge < -0.3 is 9.88 Å².